The van der Waals surface area contributed by atoms with E-state index in [9.17, 15) is 9.59 Å². The number of para-hydroxylation sites is 1. The van der Waals surface area contributed by atoms with Gasteiger partial charge in [-0.15, -0.1) is 0 Å². The predicted molar refractivity (Wildman–Crippen MR) is 123 cm³/mol. The van der Waals surface area contributed by atoms with E-state index in [1.807, 2.05) is 77.7 Å². The van der Waals surface area contributed by atoms with Crippen LogP contribution in [0.25, 0.3) is 10.9 Å². The van der Waals surface area contributed by atoms with Crippen LogP contribution in [0.5, 0.6) is 0 Å². The number of benzene rings is 3. The van der Waals surface area contributed by atoms with Gasteiger partial charge in [0.15, 0.2) is 0 Å². The molecule has 2 N–H and O–H groups in total. The molecule has 2 aliphatic rings. The third kappa shape index (κ3) is 2.93. The summed E-state index contributed by atoms with van der Waals surface area (Å²) in [6.45, 7) is 0. The molecule has 0 bridgehead atoms. The lowest BCUT2D eigenvalue weighted by atomic mass is 9.85. The van der Waals surface area contributed by atoms with Crippen molar-refractivity contribution >= 4 is 22.7 Å². The van der Waals surface area contributed by atoms with Gasteiger partial charge >= 0.3 is 0 Å². The van der Waals surface area contributed by atoms with Crippen LogP contribution in [0.1, 0.15) is 28.4 Å². The number of carbonyl (C=O) groups is 2. The van der Waals surface area contributed by atoms with Gasteiger partial charge in [-0.3, -0.25) is 9.59 Å². The normalized spacial score (nSPS) is 22.4. The molecular weight excluding hydrogens is 398 g/mol. The van der Waals surface area contributed by atoms with Gasteiger partial charge in [-0.05, 0) is 22.8 Å². The molecule has 2 amide bonds. The molecule has 2 unspecified atom stereocenters. The van der Waals surface area contributed by atoms with E-state index in [4.69, 9.17) is 0 Å². The second kappa shape index (κ2) is 7.38. The van der Waals surface area contributed by atoms with E-state index < -0.39 is 12.1 Å². The summed E-state index contributed by atoms with van der Waals surface area (Å²) < 4.78 is 0. The summed E-state index contributed by atoms with van der Waals surface area (Å²) in [7, 11) is 0. The number of amides is 2. The maximum atomic E-state index is 13.8. The van der Waals surface area contributed by atoms with Crippen molar-refractivity contribution in [2.45, 2.75) is 31.0 Å². The van der Waals surface area contributed by atoms with Crippen molar-refractivity contribution in [1.82, 2.24) is 15.2 Å². The van der Waals surface area contributed by atoms with Gasteiger partial charge in [-0.1, -0.05) is 78.9 Å². The molecule has 1 saturated heterocycles. The lowest BCUT2D eigenvalue weighted by Gasteiger charge is -2.46. The van der Waals surface area contributed by atoms with E-state index in [2.05, 4.69) is 22.4 Å². The Balaban J connectivity index is 1.48. The molecule has 0 radical (unpaired) electrons. The van der Waals surface area contributed by atoms with Crippen molar-refractivity contribution < 1.29 is 9.59 Å². The van der Waals surface area contributed by atoms with E-state index in [0.29, 0.717) is 12.8 Å². The number of rotatable bonds is 3. The Labute approximate surface area is 186 Å². The van der Waals surface area contributed by atoms with Gasteiger partial charge in [-0.25, -0.2) is 0 Å². The monoisotopic (exact) mass is 421 g/mol. The second-order valence-electron chi connectivity index (χ2n) is 8.59. The highest BCUT2D eigenvalue weighted by Gasteiger charge is 2.48. The Morgan fingerprint density at radius 2 is 1.53 bits per heavy atom. The molecule has 3 aromatic carbocycles. The minimum absolute atomic E-state index is 0.0309. The van der Waals surface area contributed by atoms with E-state index in [0.717, 1.165) is 33.3 Å². The summed E-state index contributed by atoms with van der Waals surface area (Å²) in [5, 5.41) is 4.14. The number of fused-ring (bicyclic) bond motifs is 4. The molecule has 4 aromatic rings. The smallest absolute Gasteiger partial charge is 0.247 e. The lowest BCUT2D eigenvalue weighted by Crippen LogP contribution is -2.66. The van der Waals surface area contributed by atoms with Crippen LogP contribution >= 0.6 is 0 Å². The summed E-state index contributed by atoms with van der Waals surface area (Å²) in [6.07, 6.45) is 0.994. The summed E-state index contributed by atoms with van der Waals surface area (Å²) in [5.41, 5.74) is 5.21. The van der Waals surface area contributed by atoms with Gasteiger partial charge in [0.2, 0.25) is 11.8 Å². The van der Waals surface area contributed by atoms with Crippen molar-refractivity contribution in [3.63, 3.8) is 0 Å². The Morgan fingerprint density at radius 1 is 0.844 bits per heavy atom. The lowest BCUT2D eigenvalue weighted by molar-refractivity contribution is -0.152. The highest BCUT2D eigenvalue weighted by Crippen LogP contribution is 2.42. The summed E-state index contributed by atoms with van der Waals surface area (Å²) in [6, 6.07) is 26.6. The van der Waals surface area contributed by atoms with Crippen molar-refractivity contribution in [2.75, 3.05) is 0 Å². The molecule has 3 heterocycles. The van der Waals surface area contributed by atoms with Crippen LogP contribution in [0.4, 0.5) is 0 Å². The minimum Gasteiger partial charge on any atom is -0.356 e. The number of hydrogen-bond acceptors (Lipinski definition) is 2. The summed E-state index contributed by atoms with van der Waals surface area (Å²) >= 11 is 0. The molecule has 5 nitrogen and oxygen atoms in total. The average molecular weight is 422 g/mol. The fraction of sp³-hybridized carbons (Fsp3) is 0.185. The fourth-order valence-corrected chi connectivity index (χ4v) is 5.25. The Kier molecular flexibility index (Phi) is 4.35. The van der Waals surface area contributed by atoms with Crippen LogP contribution in [-0.4, -0.2) is 33.8 Å². The van der Waals surface area contributed by atoms with E-state index in [1.54, 1.807) is 0 Å². The number of carbonyl (C=O) groups excluding carboxylic acids is 2. The first kappa shape index (κ1) is 18.9. The molecule has 1 aromatic heterocycles. The fourth-order valence-electron chi connectivity index (χ4n) is 5.25. The number of nitrogens with zero attached hydrogens (tertiary/aromatic N) is 1. The Bertz CT molecular complexity index is 1310. The molecular formula is C27H23N3O2. The van der Waals surface area contributed by atoms with Crippen LogP contribution < -0.4 is 5.32 Å². The largest absolute Gasteiger partial charge is 0.356 e. The quantitative estimate of drug-likeness (QED) is 0.529. The molecule has 32 heavy (non-hydrogen) atoms. The van der Waals surface area contributed by atoms with Gasteiger partial charge < -0.3 is 15.2 Å². The third-order valence-electron chi connectivity index (χ3n) is 6.70. The summed E-state index contributed by atoms with van der Waals surface area (Å²) in [5.74, 6) is -0.112. The van der Waals surface area contributed by atoms with Gasteiger partial charge in [0, 0.05) is 29.4 Å². The van der Waals surface area contributed by atoms with Crippen LogP contribution in [0, 0.1) is 0 Å². The van der Waals surface area contributed by atoms with Crippen LogP contribution in [0.2, 0.25) is 0 Å². The first-order chi connectivity index (χ1) is 15.7. The van der Waals surface area contributed by atoms with Gasteiger partial charge in [0.05, 0.1) is 6.04 Å². The van der Waals surface area contributed by atoms with Crippen molar-refractivity contribution in [1.29, 1.82) is 0 Å². The predicted octanol–water partition coefficient (Wildman–Crippen LogP) is 3.75. The standard InChI is InChI=1S/C27H23N3O2/c31-26-23-16-20-19-13-7-8-14-21(19)28-24(20)25(18-11-5-2-6-12-18)30(23)27(32)22(29-26)15-17-9-3-1-4-10-17/h1-14,22-23,25,28H,15-16H2,(H,29,31)/t22?,23-,25?/m0/s1. The molecule has 1 fully saturated rings. The Morgan fingerprint density at radius 3 is 2.31 bits per heavy atom. The second-order valence-corrected chi connectivity index (χ2v) is 8.59. The maximum absolute atomic E-state index is 13.8. The zero-order valence-electron chi connectivity index (χ0n) is 17.5. The Hall–Kier alpha value is -3.86. The number of nitrogens with one attached hydrogen (secondary N) is 2. The first-order valence-corrected chi connectivity index (χ1v) is 11.0. The highest BCUT2D eigenvalue weighted by atomic mass is 16.2. The first-order valence-electron chi connectivity index (χ1n) is 11.0. The zero-order valence-corrected chi connectivity index (χ0v) is 17.5. The third-order valence-corrected chi connectivity index (χ3v) is 6.70. The van der Waals surface area contributed by atoms with E-state index in [1.165, 1.54) is 0 Å². The summed E-state index contributed by atoms with van der Waals surface area (Å²) in [4.78, 5) is 32.5. The van der Waals surface area contributed by atoms with Gasteiger partial charge in [0.1, 0.15) is 12.1 Å². The highest BCUT2D eigenvalue weighted by molar-refractivity contribution is 5.99. The van der Waals surface area contributed by atoms with Crippen LogP contribution in [0.15, 0.2) is 84.9 Å². The van der Waals surface area contributed by atoms with Gasteiger partial charge in [0.25, 0.3) is 0 Å². The number of H-pyrrole nitrogens is 1. The van der Waals surface area contributed by atoms with Crippen molar-refractivity contribution in [3.8, 4) is 0 Å². The van der Waals surface area contributed by atoms with E-state index >= 15 is 0 Å². The molecule has 0 spiro atoms. The maximum Gasteiger partial charge on any atom is 0.247 e. The number of hydrogen-bond donors (Lipinski definition) is 2. The number of aromatic amines is 1. The molecule has 2 aliphatic heterocycles. The molecule has 0 saturated carbocycles. The minimum atomic E-state index is -0.571. The molecule has 5 heteroatoms. The topological polar surface area (TPSA) is 65.2 Å². The molecule has 6 rings (SSSR count). The van der Waals surface area contributed by atoms with E-state index in [-0.39, 0.29) is 17.9 Å². The van der Waals surface area contributed by atoms with Crippen LogP contribution in [0.3, 0.4) is 0 Å². The SMILES string of the molecule is O=C1NC(Cc2ccccc2)C(=O)N2C(c3ccccc3)c3[nH]c4ccccc4c3C[C@@H]12. The molecule has 3 atom stereocenters. The number of piperazine rings is 1. The van der Waals surface area contributed by atoms with Crippen molar-refractivity contribution in [3.05, 3.63) is 107 Å². The average Bonchev–Trinajstić information content (AvgIpc) is 3.21. The molecule has 0 aliphatic carbocycles. The number of aromatic nitrogens is 1. The molecule has 158 valence electrons. The van der Waals surface area contributed by atoms with Gasteiger partial charge in [-0.2, -0.15) is 0 Å². The zero-order chi connectivity index (χ0) is 21.7. The van der Waals surface area contributed by atoms with Crippen LogP contribution in [-0.2, 0) is 22.4 Å². The van der Waals surface area contributed by atoms with Crippen molar-refractivity contribution in [2.24, 2.45) is 0 Å².